The highest BCUT2D eigenvalue weighted by atomic mass is 32.2. The number of rotatable bonds is 4. The Morgan fingerprint density at radius 1 is 1.15 bits per heavy atom. The number of hydrogen-bond acceptors (Lipinski definition) is 3. The van der Waals surface area contributed by atoms with Crippen molar-refractivity contribution in [2.45, 2.75) is 38.5 Å². The van der Waals surface area contributed by atoms with Gasteiger partial charge in [0.1, 0.15) is 11.1 Å². The molecule has 5 heteroatoms. The molecule has 144 valence electrons. The van der Waals surface area contributed by atoms with Gasteiger partial charge in [-0.15, -0.1) is 11.8 Å². The molecule has 4 nitrogen and oxygen atoms in total. The number of hydrogen-bond donors (Lipinski definition) is 1. The van der Waals surface area contributed by atoms with E-state index in [9.17, 15) is 4.79 Å². The molecule has 1 heterocycles. The standard InChI is InChI=1S/C22H28N2O2S/c1-5-26-19-12-10-18(11-13-19)23-21(25)24-14-15-27-20(24)16-6-8-17(9-7-16)22(2,3)4/h6-13,20H,5,14-15H2,1-4H3,(H,23,25)/t20-/m0/s1. The molecule has 2 amide bonds. The first-order valence-corrected chi connectivity index (χ1v) is 10.5. The number of ether oxygens (including phenoxy) is 1. The summed E-state index contributed by atoms with van der Waals surface area (Å²) in [4.78, 5) is 14.7. The van der Waals surface area contributed by atoms with Crippen LogP contribution in [0.3, 0.4) is 0 Å². The van der Waals surface area contributed by atoms with Crippen molar-refractivity contribution in [1.29, 1.82) is 0 Å². The van der Waals surface area contributed by atoms with Crippen molar-refractivity contribution < 1.29 is 9.53 Å². The summed E-state index contributed by atoms with van der Waals surface area (Å²) in [7, 11) is 0. The smallest absolute Gasteiger partial charge is 0.323 e. The van der Waals surface area contributed by atoms with E-state index in [1.54, 1.807) is 0 Å². The van der Waals surface area contributed by atoms with Gasteiger partial charge in [0, 0.05) is 18.0 Å². The van der Waals surface area contributed by atoms with Crippen molar-refractivity contribution in [3.8, 4) is 5.75 Å². The van der Waals surface area contributed by atoms with Gasteiger partial charge in [-0.25, -0.2) is 4.79 Å². The van der Waals surface area contributed by atoms with Crippen LogP contribution in [0.4, 0.5) is 10.5 Å². The largest absolute Gasteiger partial charge is 0.494 e. The number of carbonyl (C=O) groups is 1. The Morgan fingerprint density at radius 2 is 1.81 bits per heavy atom. The lowest BCUT2D eigenvalue weighted by Gasteiger charge is -2.25. The second-order valence-electron chi connectivity index (χ2n) is 7.68. The molecule has 3 rings (SSSR count). The number of carbonyl (C=O) groups excluding carboxylic acids is 1. The predicted octanol–water partition coefficient (Wildman–Crippen LogP) is 5.66. The fourth-order valence-corrected chi connectivity index (χ4v) is 4.35. The molecular formula is C22H28N2O2S. The fourth-order valence-electron chi connectivity index (χ4n) is 3.10. The highest BCUT2D eigenvalue weighted by Crippen LogP contribution is 2.39. The molecule has 0 unspecified atom stereocenters. The van der Waals surface area contributed by atoms with Gasteiger partial charge >= 0.3 is 6.03 Å². The number of anilines is 1. The SMILES string of the molecule is CCOc1ccc(NC(=O)N2CCS[C@H]2c2ccc(C(C)(C)C)cc2)cc1. The van der Waals surface area contributed by atoms with Gasteiger partial charge < -0.3 is 15.0 Å². The average Bonchev–Trinajstić information content (AvgIpc) is 3.13. The Balaban J connectivity index is 1.69. The van der Waals surface area contributed by atoms with Crippen LogP contribution in [0.2, 0.25) is 0 Å². The van der Waals surface area contributed by atoms with Gasteiger partial charge in [-0.05, 0) is 47.7 Å². The van der Waals surface area contributed by atoms with E-state index in [1.807, 2.05) is 47.9 Å². The molecule has 0 radical (unpaired) electrons. The highest BCUT2D eigenvalue weighted by Gasteiger charge is 2.31. The molecular weight excluding hydrogens is 356 g/mol. The number of nitrogens with one attached hydrogen (secondary N) is 1. The van der Waals surface area contributed by atoms with Crippen molar-refractivity contribution in [2.75, 3.05) is 24.2 Å². The molecule has 1 aliphatic rings. The Hall–Kier alpha value is -2.14. The van der Waals surface area contributed by atoms with Gasteiger partial charge in [0.05, 0.1) is 6.61 Å². The lowest BCUT2D eigenvalue weighted by molar-refractivity contribution is 0.214. The van der Waals surface area contributed by atoms with E-state index < -0.39 is 0 Å². The van der Waals surface area contributed by atoms with Gasteiger partial charge in [-0.2, -0.15) is 0 Å². The number of nitrogens with zero attached hydrogens (tertiary/aromatic N) is 1. The van der Waals surface area contributed by atoms with Gasteiger partial charge in [-0.3, -0.25) is 0 Å². The van der Waals surface area contributed by atoms with Crippen LogP contribution in [-0.4, -0.2) is 29.8 Å². The second kappa shape index (κ2) is 8.26. The highest BCUT2D eigenvalue weighted by molar-refractivity contribution is 7.99. The van der Waals surface area contributed by atoms with Crippen molar-refractivity contribution in [3.05, 3.63) is 59.7 Å². The van der Waals surface area contributed by atoms with Crippen molar-refractivity contribution in [1.82, 2.24) is 4.90 Å². The molecule has 1 N–H and O–H groups in total. The van der Waals surface area contributed by atoms with Gasteiger partial charge in [0.2, 0.25) is 0 Å². The molecule has 0 bridgehead atoms. The lowest BCUT2D eigenvalue weighted by atomic mass is 9.87. The first kappa shape index (κ1) is 19.6. The van der Waals surface area contributed by atoms with E-state index in [1.165, 1.54) is 11.1 Å². The predicted molar refractivity (Wildman–Crippen MR) is 114 cm³/mol. The first-order chi connectivity index (χ1) is 12.9. The van der Waals surface area contributed by atoms with Crippen molar-refractivity contribution in [2.24, 2.45) is 0 Å². The summed E-state index contributed by atoms with van der Waals surface area (Å²) < 4.78 is 5.45. The normalized spacial score (nSPS) is 17.0. The molecule has 2 aromatic carbocycles. The van der Waals surface area contributed by atoms with Crippen molar-refractivity contribution >= 4 is 23.5 Å². The number of urea groups is 1. The second-order valence-corrected chi connectivity index (χ2v) is 8.86. The third-order valence-corrected chi connectivity index (χ3v) is 5.89. The van der Waals surface area contributed by atoms with Crippen LogP contribution in [0.15, 0.2) is 48.5 Å². The first-order valence-electron chi connectivity index (χ1n) is 9.41. The fraction of sp³-hybridized carbons (Fsp3) is 0.409. The van der Waals surface area contributed by atoms with Crippen molar-refractivity contribution in [3.63, 3.8) is 0 Å². The summed E-state index contributed by atoms with van der Waals surface area (Å²) in [6, 6.07) is 16.1. The third kappa shape index (κ3) is 4.78. The third-order valence-electron chi connectivity index (χ3n) is 4.63. The van der Waals surface area contributed by atoms with Crippen LogP contribution in [0.25, 0.3) is 0 Å². The van der Waals surface area contributed by atoms with Crippen LogP contribution in [0.1, 0.15) is 44.2 Å². The molecule has 1 atom stereocenters. The van der Waals surface area contributed by atoms with E-state index in [0.29, 0.717) is 6.61 Å². The molecule has 1 fully saturated rings. The molecule has 27 heavy (non-hydrogen) atoms. The maximum atomic E-state index is 12.8. The molecule has 0 spiro atoms. The number of amides is 2. The van der Waals surface area contributed by atoms with Crippen LogP contribution >= 0.6 is 11.8 Å². The number of benzene rings is 2. The zero-order valence-electron chi connectivity index (χ0n) is 16.5. The summed E-state index contributed by atoms with van der Waals surface area (Å²) in [5, 5.41) is 3.06. The molecule has 2 aromatic rings. The molecule has 1 aliphatic heterocycles. The Kier molecular flexibility index (Phi) is 6.00. The maximum Gasteiger partial charge on any atom is 0.323 e. The minimum atomic E-state index is -0.0611. The summed E-state index contributed by atoms with van der Waals surface area (Å²) in [6.07, 6.45) is 0. The van der Waals surface area contributed by atoms with Crippen LogP contribution in [0.5, 0.6) is 5.75 Å². The lowest BCUT2D eigenvalue weighted by Crippen LogP contribution is -2.34. The summed E-state index contributed by atoms with van der Waals surface area (Å²) in [5.74, 6) is 1.76. The molecule has 1 saturated heterocycles. The van der Waals surface area contributed by atoms with Gasteiger partial charge in [-0.1, -0.05) is 45.0 Å². The van der Waals surface area contributed by atoms with Gasteiger partial charge in [0.25, 0.3) is 0 Å². The quantitative estimate of drug-likeness (QED) is 0.739. The van der Waals surface area contributed by atoms with E-state index in [0.717, 1.165) is 23.7 Å². The number of thioether (sulfide) groups is 1. The average molecular weight is 385 g/mol. The van der Waals surface area contributed by atoms with E-state index >= 15 is 0 Å². The Labute approximate surface area is 166 Å². The summed E-state index contributed by atoms with van der Waals surface area (Å²) in [6.45, 7) is 9.97. The van der Waals surface area contributed by atoms with Crippen LogP contribution in [0, 0.1) is 0 Å². The van der Waals surface area contributed by atoms with E-state index in [-0.39, 0.29) is 16.8 Å². The zero-order chi connectivity index (χ0) is 19.4. The Morgan fingerprint density at radius 3 is 2.41 bits per heavy atom. The molecule has 0 aliphatic carbocycles. The minimum Gasteiger partial charge on any atom is -0.494 e. The topological polar surface area (TPSA) is 41.6 Å². The van der Waals surface area contributed by atoms with E-state index in [4.69, 9.17) is 4.74 Å². The zero-order valence-corrected chi connectivity index (χ0v) is 17.3. The molecule has 0 aromatic heterocycles. The monoisotopic (exact) mass is 384 g/mol. The van der Waals surface area contributed by atoms with Gasteiger partial charge in [0.15, 0.2) is 0 Å². The summed E-state index contributed by atoms with van der Waals surface area (Å²) in [5.41, 5.74) is 3.39. The molecule has 0 saturated carbocycles. The van der Waals surface area contributed by atoms with Crippen LogP contribution in [-0.2, 0) is 5.41 Å². The minimum absolute atomic E-state index is 0.0571. The maximum absolute atomic E-state index is 12.8. The van der Waals surface area contributed by atoms with E-state index in [2.05, 4.69) is 50.4 Å². The van der Waals surface area contributed by atoms with Crippen LogP contribution < -0.4 is 10.1 Å². The summed E-state index contributed by atoms with van der Waals surface area (Å²) >= 11 is 1.81. The Bertz CT molecular complexity index is 766.